The number of aryl methyl sites for hydroxylation is 1. The fourth-order valence-electron chi connectivity index (χ4n) is 3.02. The highest BCUT2D eigenvalue weighted by atomic mass is 32.1. The van der Waals surface area contributed by atoms with Crippen molar-refractivity contribution in [3.8, 4) is 0 Å². The summed E-state index contributed by atoms with van der Waals surface area (Å²) in [6.07, 6.45) is 0.605. The highest BCUT2D eigenvalue weighted by Gasteiger charge is 2.30. The lowest BCUT2D eigenvalue weighted by molar-refractivity contribution is -0.386. The van der Waals surface area contributed by atoms with Crippen LogP contribution in [0, 0.1) is 30.9 Å². The highest BCUT2D eigenvalue weighted by Crippen LogP contribution is 2.35. The zero-order valence-electron chi connectivity index (χ0n) is 18.1. The van der Waals surface area contributed by atoms with Gasteiger partial charge in [-0.3, -0.25) is 19.6 Å². The van der Waals surface area contributed by atoms with E-state index in [4.69, 9.17) is 9.47 Å². The molecule has 11 nitrogen and oxygen atoms in total. The van der Waals surface area contributed by atoms with Gasteiger partial charge in [0.25, 0.3) is 0 Å². The van der Waals surface area contributed by atoms with E-state index in [2.05, 4.69) is 10.4 Å². The van der Waals surface area contributed by atoms with Crippen molar-refractivity contribution in [2.75, 3.05) is 19.0 Å². The van der Waals surface area contributed by atoms with Gasteiger partial charge in [-0.1, -0.05) is 6.92 Å². The molecule has 168 valence electrons. The molecular formula is C19H24N4O7S. The maximum Gasteiger partial charge on any atom is 0.348 e. The summed E-state index contributed by atoms with van der Waals surface area (Å²) >= 11 is 0.894. The number of esters is 2. The molecule has 2 rings (SSSR count). The van der Waals surface area contributed by atoms with Crippen molar-refractivity contribution in [3.05, 3.63) is 37.5 Å². The van der Waals surface area contributed by atoms with Gasteiger partial charge in [-0.05, 0) is 39.7 Å². The molecule has 12 heteroatoms. The third kappa shape index (κ3) is 4.74. The van der Waals surface area contributed by atoms with Crippen LogP contribution in [0.1, 0.15) is 63.3 Å². The molecule has 0 spiro atoms. The molecule has 0 aliphatic carbocycles. The molecule has 0 radical (unpaired) electrons. The Morgan fingerprint density at radius 3 is 2.42 bits per heavy atom. The molecule has 0 fully saturated rings. The Balaban J connectivity index is 2.41. The highest BCUT2D eigenvalue weighted by molar-refractivity contribution is 7.18. The lowest BCUT2D eigenvalue weighted by atomic mass is 10.1. The van der Waals surface area contributed by atoms with E-state index in [0.29, 0.717) is 12.0 Å². The molecule has 0 saturated carbocycles. The van der Waals surface area contributed by atoms with Crippen molar-refractivity contribution in [1.82, 2.24) is 9.78 Å². The van der Waals surface area contributed by atoms with E-state index < -0.39 is 28.8 Å². The van der Waals surface area contributed by atoms with Gasteiger partial charge in [0, 0.05) is 0 Å². The zero-order valence-corrected chi connectivity index (χ0v) is 18.9. The standard InChI is InChI=1S/C19H24N4O7S/c1-7-8-30-18(25)13-9(2)15(19(26)29-6)31-17(13)20-16(24)12(5)22-11(4)14(23(27)28)10(3)21-22/h12H,7-8H2,1-6H3,(H,20,24). The Kier molecular flexibility index (Phi) is 7.50. The number of carbonyl (C=O) groups excluding carboxylic acids is 3. The predicted molar refractivity (Wildman–Crippen MR) is 113 cm³/mol. The van der Waals surface area contributed by atoms with Gasteiger partial charge in [-0.15, -0.1) is 11.3 Å². The quantitative estimate of drug-likeness (QED) is 0.365. The van der Waals surface area contributed by atoms with Gasteiger partial charge >= 0.3 is 17.6 Å². The van der Waals surface area contributed by atoms with Gasteiger partial charge < -0.3 is 14.8 Å². The first-order valence-electron chi connectivity index (χ1n) is 9.44. The maximum absolute atomic E-state index is 12.9. The molecule has 0 aliphatic heterocycles. The van der Waals surface area contributed by atoms with E-state index in [-0.39, 0.29) is 39.1 Å². The van der Waals surface area contributed by atoms with Crippen molar-refractivity contribution in [2.24, 2.45) is 0 Å². The van der Waals surface area contributed by atoms with E-state index in [1.807, 2.05) is 6.92 Å². The predicted octanol–water partition coefficient (Wildman–Crippen LogP) is 3.33. The molecular weight excluding hydrogens is 428 g/mol. The largest absolute Gasteiger partial charge is 0.465 e. The summed E-state index contributed by atoms with van der Waals surface area (Å²) in [4.78, 5) is 48.4. The third-order valence-electron chi connectivity index (χ3n) is 4.61. The lowest BCUT2D eigenvalue weighted by Gasteiger charge is -2.14. The van der Waals surface area contributed by atoms with Crippen LogP contribution in [0.2, 0.25) is 0 Å². The Hall–Kier alpha value is -3.28. The van der Waals surface area contributed by atoms with Crippen molar-refractivity contribution < 1.29 is 28.8 Å². The van der Waals surface area contributed by atoms with E-state index in [9.17, 15) is 24.5 Å². The second kappa shape index (κ2) is 9.69. The number of nitrogens with zero attached hydrogens (tertiary/aromatic N) is 3. The van der Waals surface area contributed by atoms with Gasteiger partial charge in [0.1, 0.15) is 27.3 Å². The Morgan fingerprint density at radius 2 is 1.90 bits per heavy atom. The number of aromatic nitrogens is 2. The van der Waals surface area contributed by atoms with Gasteiger partial charge in [0.15, 0.2) is 0 Å². The van der Waals surface area contributed by atoms with Gasteiger partial charge in [0.05, 0.1) is 24.2 Å². The molecule has 2 aromatic rings. The average Bonchev–Trinajstić information content (AvgIpc) is 3.20. The summed E-state index contributed by atoms with van der Waals surface area (Å²) in [7, 11) is 1.21. The first-order valence-corrected chi connectivity index (χ1v) is 10.3. The van der Waals surface area contributed by atoms with Crippen LogP contribution in [0.3, 0.4) is 0 Å². The summed E-state index contributed by atoms with van der Waals surface area (Å²) in [5.41, 5.74) is 0.654. The van der Waals surface area contributed by atoms with E-state index >= 15 is 0 Å². The van der Waals surface area contributed by atoms with E-state index in [0.717, 1.165) is 11.3 Å². The number of rotatable bonds is 8. The topological polar surface area (TPSA) is 143 Å². The van der Waals surface area contributed by atoms with Crippen LogP contribution in [-0.2, 0) is 14.3 Å². The Labute approximate surface area is 182 Å². The summed E-state index contributed by atoms with van der Waals surface area (Å²) in [6, 6.07) is -0.920. The number of methoxy groups -OCH3 is 1. The number of anilines is 1. The van der Waals surface area contributed by atoms with E-state index in [1.54, 1.807) is 6.92 Å². The third-order valence-corrected chi connectivity index (χ3v) is 5.80. The summed E-state index contributed by atoms with van der Waals surface area (Å²) in [5, 5.41) is 18.1. The molecule has 31 heavy (non-hydrogen) atoms. The second-order valence-electron chi connectivity index (χ2n) is 6.77. The summed E-state index contributed by atoms with van der Waals surface area (Å²) in [5.74, 6) is -1.88. The van der Waals surface area contributed by atoms with Crippen molar-refractivity contribution >= 4 is 39.9 Å². The van der Waals surface area contributed by atoms with Crippen LogP contribution in [0.5, 0.6) is 0 Å². The van der Waals surface area contributed by atoms with Crippen LogP contribution < -0.4 is 5.32 Å². The number of thiophene rings is 1. The molecule has 2 heterocycles. The Bertz CT molecular complexity index is 1040. The lowest BCUT2D eigenvalue weighted by Crippen LogP contribution is -2.26. The number of ether oxygens (including phenoxy) is 2. The monoisotopic (exact) mass is 452 g/mol. The number of hydrogen-bond acceptors (Lipinski definition) is 9. The van der Waals surface area contributed by atoms with Crippen molar-refractivity contribution in [1.29, 1.82) is 0 Å². The normalized spacial score (nSPS) is 11.7. The van der Waals surface area contributed by atoms with Crippen molar-refractivity contribution in [3.63, 3.8) is 0 Å². The fraction of sp³-hybridized carbons (Fsp3) is 0.474. The maximum atomic E-state index is 12.9. The van der Waals surface area contributed by atoms with E-state index in [1.165, 1.54) is 32.6 Å². The fourth-order valence-corrected chi connectivity index (χ4v) is 4.14. The van der Waals surface area contributed by atoms with Crippen LogP contribution in [0.25, 0.3) is 0 Å². The number of amides is 1. The molecule has 0 bridgehead atoms. The van der Waals surface area contributed by atoms with Crippen LogP contribution in [0.4, 0.5) is 10.7 Å². The van der Waals surface area contributed by atoms with Gasteiger partial charge in [0.2, 0.25) is 5.91 Å². The first-order chi connectivity index (χ1) is 14.5. The minimum Gasteiger partial charge on any atom is -0.465 e. The van der Waals surface area contributed by atoms with Crippen LogP contribution in [0.15, 0.2) is 0 Å². The van der Waals surface area contributed by atoms with Crippen LogP contribution >= 0.6 is 11.3 Å². The minimum absolute atomic E-state index is 0.0683. The SMILES string of the molecule is CCCOC(=O)c1c(NC(=O)C(C)n2nc(C)c([N+](=O)[O-])c2C)sc(C(=O)OC)c1C. The molecule has 1 atom stereocenters. The number of hydrogen-bond donors (Lipinski definition) is 1. The second-order valence-corrected chi connectivity index (χ2v) is 7.79. The Morgan fingerprint density at radius 1 is 1.26 bits per heavy atom. The summed E-state index contributed by atoms with van der Waals surface area (Å²) < 4.78 is 11.2. The molecule has 1 unspecified atom stereocenters. The number of nitrogens with one attached hydrogen (secondary N) is 1. The molecule has 0 aromatic carbocycles. The van der Waals surface area contributed by atoms with Crippen LogP contribution in [-0.4, -0.2) is 46.3 Å². The number of carbonyl (C=O) groups is 3. The number of nitro groups is 1. The molecule has 0 aliphatic rings. The van der Waals surface area contributed by atoms with Gasteiger partial charge in [-0.2, -0.15) is 5.10 Å². The zero-order chi connectivity index (χ0) is 23.5. The first kappa shape index (κ1) is 24.0. The molecule has 1 N–H and O–H groups in total. The molecule has 0 saturated heterocycles. The molecule has 2 aromatic heterocycles. The van der Waals surface area contributed by atoms with Crippen molar-refractivity contribution in [2.45, 2.75) is 47.1 Å². The summed E-state index contributed by atoms with van der Waals surface area (Å²) in [6.45, 7) is 8.09. The minimum atomic E-state index is -0.920. The van der Waals surface area contributed by atoms with Gasteiger partial charge in [-0.25, -0.2) is 9.59 Å². The smallest absolute Gasteiger partial charge is 0.348 e. The average molecular weight is 452 g/mol. The molecule has 1 amide bonds.